The molecule has 0 atom stereocenters. The van der Waals surface area contributed by atoms with Crippen LogP contribution in [0.5, 0.6) is 0 Å². The molecule has 1 aliphatic carbocycles. The summed E-state index contributed by atoms with van der Waals surface area (Å²) in [7, 11) is 0. The summed E-state index contributed by atoms with van der Waals surface area (Å²) in [5.74, 6) is 0. The Morgan fingerprint density at radius 3 is 2.64 bits per heavy atom. The zero-order valence-corrected chi connectivity index (χ0v) is 7.44. The molecule has 1 rings (SSSR count). The molecule has 1 fully saturated rings. The van der Waals surface area contributed by atoms with Crippen LogP contribution in [0.3, 0.4) is 0 Å². The Hall–Kier alpha value is -0.0800. The van der Waals surface area contributed by atoms with E-state index < -0.39 is 0 Å². The second kappa shape index (κ2) is 5.56. The van der Waals surface area contributed by atoms with E-state index in [0.717, 1.165) is 13.0 Å². The molecule has 0 aromatic rings. The maximum absolute atomic E-state index is 5.47. The van der Waals surface area contributed by atoms with E-state index >= 15 is 0 Å². The summed E-state index contributed by atoms with van der Waals surface area (Å²) in [6.45, 7) is 3.13. The van der Waals surface area contributed by atoms with E-state index in [0.29, 0.717) is 6.10 Å². The maximum atomic E-state index is 5.47. The molecule has 1 aliphatic rings. The molecule has 2 heteroatoms. The SMILES string of the molecule is CCCNOC1CCCCC1. The highest BCUT2D eigenvalue weighted by Crippen LogP contribution is 2.19. The highest BCUT2D eigenvalue weighted by Gasteiger charge is 2.12. The molecule has 0 radical (unpaired) electrons. The van der Waals surface area contributed by atoms with E-state index in [4.69, 9.17) is 4.84 Å². The maximum Gasteiger partial charge on any atom is 0.0790 e. The highest BCUT2D eigenvalue weighted by molar-refractivity contribution is 4.63. The summed E-state index contributed by atoms with van der Waals surface area (Å²) in [5.41, 5.74) is 3.00. The van der Waals surface area contributed by atoms with Crippen LogP contribution >= 0.6 is 0 Å². The molecule has 0 aliphatic heterocycles. The Morgan fingerprint density at radius 1 is 1.27 bits per heavy atom. The molecule has 0 saturated heterocycles. The molecule has 0 amide bonds. The molecule has 0 heterocycles. The number of hydroxylamine groups is 1. The lowest BCUT2D eigenvalue weighted by Gasteiger charge is -2.21. The zero-order valence-electron chi connectivity index (χ0n) is 7.44. The quantitative estimate of drug-likeness (QED) is 0.499. The largest absolute Gasteiger partial charge is 0.299 e. The van der Waals surface area contributed by atoms with E-state index in [1.807, 2.05) is 0 Å². The Labute approximate surface area is 69.3 Å². The highest BCUT2D eigenvalue weighted by atomic mass is 16.7. The van der Waals surface area contributed by atoms with Crippen LogP contribution in [0.25, 0.3) is 0 Å². The van der Waals surface area contributed by atoms with Crippen molar-refractivity contribution in [1.29, 1.82) is 0 Å². The van der Waals surface area contributed by atoms with E-state index in [2.05, 4.69) is 12.4 Å². The first-order valence-electron chi connectivity index (χ1n) is 4.82. The standard InChI is InChI=1S/C9H19NO/c1-2-8-10-11-9-6-4-3-5-7-9/h9-10H,2-8H2,1H3. The average molecular weight is 157 g/mol. The second-order valence-corrected chi connectivity index (χ2v) is 3.27. The third kappa shape index (κ3) is 3.73. The van der Waals surface area contributed by atoms with E-state index in [1.54, 1.807) is 0 Å². The minimum Gasteiger partial charge on any atom is -0.299 e. The van der Waals surface area contributed by atoms with Crippen molar-refractivity contribution in [2.24, 2.45) is 0 Å². The van der Waals surface area contributed by atoms with Crippen molar-refractivity contribution in [3.8, 4) is 0 Å². The van der Waals surface area contributed by atoms with Crippen molar-refractivity contribution < 1.29 is 4.84 Å². The Bertz CT molecular complexity index is 89.6. The summed E-state index contributed by atoms with van der Waals surface area (Å²) in [6, 6.07) is 0. The van der Waals surface area contributed by atoms with Gasteiger partial charge in [0.25, 0.3) is 0 Å². The monoisotopic (exact) mass is 157 g/mol. The summed E-state index contributed by atoms with van der Waals surface area (Å²) in [6.07, 6.45) is 8.22. The van der Waals surface area contributed by atoms with Crippen molar-refractivity contribution in [3.05, 3.63) is 0 Å². The zero-order chi connectivity index (χ0) is 7.94. The summed E-state index contributed by atoms with van der Waals surface area (Å²) >= 11 is 0. The minimum atomic E-state index is 0.496. The first-order valence-corrected chi connectivity index (χ1v) is 4.82. The molecule has 0 spiro atoms. The van der Waals surface area contributed by atoms with Crippen molar-refractivity contribution in [2.75, 3.05) is 6.54 Å². The molecular weight excluding hydrogens is 138 g/mol. The molecule has 66 valence electrons. The van der Waals surface area contributed by atoms with Crippen molar-refractivity contribution >= 4 is 0 Å². The van der Waals surface area contributed by atoms with Crippen LogP contribution in [-0.2, 0) is 4.84 Å². The van der Waals surface area contributed by atoms with Crippen LogP contribution in [0.2, 0.25) is 0 Å². The van der Waals surface area contributed by atoms with Gasteiger partial charge in [-0.05, 0) is 19.3 Å². The topological polar surface area (TPSA) is 21.3 Å². The average Bonchev–Trinajstić information content (AvgIpc) is 2.07. The van der Waals surface area contributed by atoms with E-state index in [9.17, 15) is 0 Å². The van der Waals surface area contributed by atoms with E-state index in [1.165, 1.54) is 32.1 Å². The van der Waals surface area contributed by atoms with Gasteiger partial charge in [-0.15, -0.1) is 0 Å². The lowest BCUT2D eigenvalue weighted by Crippen LogP contribution is -2.26. The molecule has 0 aromatic carbocycles. The smallest absolute Gasteiger partial charge is 0.0790 e. The predicted octanol–water partition coefficient (Wildman–Crippen LogP) is 2.25. The predicted molar refractivity (Wildman–Crippen MR) is 46.3 cm³/mol. The molecule has 1 N–H and O–H groups in total. The number of nitrogens with one attached hydrogen (secondary N) is 1. The number of hydrogen-bond acceptors (Lipinski definition) is 2. The summed E-state index contributed by atoms with van der Waals surface area (Å²) < 4.78 is 0. The Kier molecular flexibility index (Phi) is 4.55. The van der Waals surface area contributed by atoms with Gasteiger partial charge in [-0.3, -0.25) is 4.84 Å². The van der Waals surface area contributed by atoms with Gasteiger partial charge in [-0.1, -0.05) is 26.2 Å². The third-order valence-corrected chi connectivity index (χ3v) is 2.15. The van der Waals surface area contributed by atoms with Crippen molar-refractivity contribution in [3.63, 3.8) is 0 Å². The lowest BCUT2D eigenvalue weighted by molar-refractivity contribution is -0.0415. The molecular formula is C9H19NO. The molecule has 1 saturated carbocycles. The van der Waals surface area contributed by atoms with Gasteiger partial charge in [0.2, 0.25) is 0 Å². The van der Waals surface area contributed by atoms with Gasteiger partial charge in [-0.25, -0.2) is 5.48 Å². The first-order chi connectivity index (χ1) is 5.43. The fraction of sp³-hybridized carbons (Fsp3) is 1.00. The van der Waals surface area contributed by atoms with Crippen molar-refractivity contribution in [2.45, 2.75) is 51.6 Å². The first kappa shape index (κ1) is 9.01. The van der Waals surface area contributed by atoms with Gasteiger partial charge >= 0.3 is 0 Å². The van der Waals surface area contributed by atoms with Crippen LogP contribution in [0, 0.1) is 0 Å². The van der Waals surface area contributed by atoms with Gasteiger partial charge in [0.05, 0.1) is 6.10 Å². The van der Waals surface area contributed by atoms with Gasteiger partial charge in [0.15, 0.2) is 0 Å². The summed E-state index contributed by atoms with van der Waals surface area (Å²) in [4.78, 5) is 5.47. The Morgan fingerprint density at radius 2 is 2.00 bits per heavy atom. The molecule has 0 bridgehead atoms. The van der Waals surface area contributed by atoms with Crippen LogP contribution in [0.1, 0.15) is 45.4 Å². The number of hydrogen-bond donors (Lipinski definition) is 1. The van der Waals surface area contributed by atoms with Gasteiger partial charge < -0.3 is 0 Å². The van der Waals surface area contributed by atoms with Crippen LogP contribution < -0.4 is 5.48 Å². The number of rotatable bonds is 4. The van der Waals surface area contributed by atoms with Gasteiger partial charge in [0, 0.05) is 6.54 Å². The molecule has 0 aromatic heterocycles. The molecule has 2 nitrogen and oxygen atoms in total. The summed E-state index contributed by atoms with van der Waals surface area (Å²) in [5, 5.41) is 0. The van der Waals surface area contributed by atoms with Crippen LogP contribution in [-0.4, -0.2) is 12.6 Å². The van der Waals surface area contributed by atoms with Gasteiger partial charge in [0.1, 0.15) is 0 Å². The minimum absolute atomic E-state index is 0.496. The fourth-order valence-corrected chi connectivity index (χ4v) is 1.46. The second-order valence-electron chi connectivity index (χ2n) is 3.27. The van der Waals surface area contributed by atoms with E-state index in [-0.39, 0.29) is 0 Å². The van der Waals surface area contributed by atoms with Crippen LogP contribution in [0.4, 0.5) is 0 Å². The van der Waals surface area contributed by atoms with Crippen molar-refractivity contribution in [1.82, 2.24) is 5.48 Å². The normalized spacial score (nSPS) is 20.5. The van der Waals surface area contributed by atoms with Gasteiger partial charge in [-0.2, -0.15) is 0 Å². The molecule has 0 unspecified atom stereocenters. The fourth-order valence-electron chi connectivity index (χ4n) is 1.46. The lowest BCUT2D eigenvalue weighted by atomic mass is 9.98. The van der Waals surface area contributed by atoms with Crippen LogP contribution in [0.15, 0.2) is 0 Å². The third-order valence-electron chi connectivity index (χ3n) is 2.15. The molecule has 11 heavy (non-hydrogen) atoms. The Balaban J connectivity index is 1.96.